The highest BCUT2D eigenvalue weighted by Gasteiger charge is 2.29. The van der Waals surface area contributed by atoms with Crippen LogP contribution in [0, 0.1) is 5.92 Å². The van der Waals surface area contributed by atoms with Crippen molar-refractivity contribution in [3.8, 4) is 5.75 Å². The molecule has 2 rings (SSSR count). The lowest BCUT2D eigenvalue weighted by atomic mass is 9.96. The van der Waals surface area contributed by atoms with E-state index < -0.39 is 9.84 Å². The van der Waals surface area contributed by atoms with Crippen LogP contribution in [0.15, 0.2) is 18.5 Å². The third-order valence-corrected chi connectivity index (χ3v) is 5.15. The van der Waals surface area contributed by atoms with Gasteiger partial charge in [-0.1, -0.05) is 0 Å². The molecule has 2 unspecified atom stereocenters. The summed E-state index contributed by atoms with van der Waals surface area (Å²) in [5.41, 5.74) is 6.98. The van der Waals surface area contributed by atoms with Crippen LogP contribution < -0.4 is 10.5 Å². The zero-order valence-electron chi connectivity index (χ0n) is 10.4. The molecule has 0 radical (unpaired) electrons. The van der Waals surface area contributed by atoms with Crippen LogP contribution in [0.5, 0.6) is 5.75 Å². The average molecular weight is 270 g/mol. The van der Waals surface area contributed by atoms with Gasteiger partial charge in [-0.15, -0.1) is 0 Å². The van der Waals surface area contributed by atoms with Gasteiger partial charge in [-0.25, -0.2) is 8.42 Å². The molecule has 2 N–H and O–H groups in total. The number of hydrogen-bond acceptors (Lipinski definition) is 5. The van der Waals surface area contributed by atoms with E-state index in [0.29, 0.717) is 24.3 Å². The van der Waals surface area contributed by atoms with Crippen molar-refractivity contribution in [2.24, 2.45) is 11.7 Å². The van der Waals surface area contributed by atoms with Gasteiger partial charge in [0.25, 0.3) is 0 Å². The van der Waals surface area contributed by atoms with E-state index in [1.54, 1.807) is 19.5 Å². The lowest BCUT2D eigenvalue weighted by Gasteiger charge is -2.16. The number of ether oxygens (including phenoxy) is 1. The van der Waals surface area contributed by atoms with Crippen LogP contribution in [0.25, 0.3) is 0 Å². The zero-order valence-corrected chi connectivity index (χ0v) is 11.2. The van der Waals surface area contributed by atoms with Crippen molar-refractivity contribution in [3.05, 3.63) is 24.0 Å². The summed E-state index contributed by atoms with van der Waals surface area (Å²) in [6.45, 7) is 0. The van der Waals surface area contributed by atoms with Crippen LogP contribution in [-0.2, 0) is 9.84 Å². The minimum Gasteiger partial charge on any atom is -0.495 e. The van der Waals surface area contributed by atoms with Crippen molar-refractivity contribution in [3.63, 3.8) is 0 Å². The minimum atomic E-state index is -2.83. The van der Waals surface area contributed by atoms with E-state index in [1.807, 2.05) is 6.07 Å². The van der Waals surface area contributed by atoms with Gasteiger partial charge in [0, 0.05) is 12.2 Å². The van der Waals surface area contributed by atoms with E-state index in [4.69, 9.17) is 10.5 Å². The number of hydrogen-bond donors (Lipinski definition) is 1. The molecule has 100 valence electrons. The molecule has 1 aromatic heterocycles. The fraction of sp³-hybridized carbons (Fsp3) is 0.583. The van der Waals surface area contributed by atoms with Crippen molar-refractivity contribution < 1.29 is 13.2 Å². The third kappa shape index (κ3) is 3.20. The highest BCUT2D eigenvalue weighted by Crippen LogP contribution is 2.28. The number of nitrogens with zero attached hydrogens (tertiary/aromatic N) is 1. The SMILES string of the molecule is COc1cncc(C(N)CC2CCS(=O)(=O)C2)c1. The normalized spacial score (nSPS) is 23.8. The second-order valence-corrected chi connectivity index (χ2v) is 7.00. The van der Waals surface area contributed by atoms with Crippen LogP contribution in [0.4, 0.5) is 0 Å². The molecule has 1 saturated heterocycles. The van der Waals surface area contributed by atoms with Crippen molar-refractivity contribution in [2.45, 2.75) is 18.9 Å². The van der Waals surface area contributed by atoms with Crippen LogP contribution in [-0.4, -0.2) is 32.0 Å². The Labute approximate surface area is 107 Å². The molecule has 1 fully saturated rings. The van der Waals surface area contributed by atoms with Crippen molar-refractivity contribution in [1.82, 2.24) is 4.98 Å². The Bertz CT molecular complexity index is 516. The molecular formula is C12H18N2O3S. The fourth-order valence-corrected chi connectivity index (χ4v) is 4.18. The molecule has 2 heterocycles. The molecule has 0 aromatic carbocycles. The molecule has 0 amide bonds. The molecule has 0 bridgehead atoms. The molecule has 0 saturated carbocycles. The van der Waals surface area contributed by atoms with Crippen LogP contribution in [0.1, 0.15) is 24.4 Å². The predicted octanol–water partition coefficient (Wildman–Crippen LogP) is 0.915. The number of nitrogens with two attached hydrogens (primary N) is 1. The second-order valence-electron chi connectivity index (χ2n) is 4.77. The number of rotatable bonds is 4. The maximum atomic E-state index is 11.4. The first kappa shape index (κ1) is 13.3. The monoisotopic (exact) mass is 270 g/mol. The summed E-state index contributed by atoms with van der Waals surface area (Å²) >= 11 is 0. The Kier molecular flexibility index (Phi) is 3.87. The van der Waals surface area contributed by atoms with E-state index in [2.05, 4.69) is 4.98 Å². The van der Waals surface area contributed by atoms with Gasteiger partial charge in [0.05, 0.1) is 24.8 Å². The van der Waals surface area contributed by atoms with Crippen LogP contribution in [0.2, 0.25) is 0 Å². The van der Waals surface area contributed by atoms with Crippen LogP contribution >= 0.6 is 0 Å². The Morgan fingerprint density at radius 2 is 2.33 bits per heavy atom. The first-order chi connectivity index (χ1) is 8.50. The Hall–Kier alpha value is -1.14. The van der Waals surface area contributed by atoms with E-state index in [-0.39, 0.29) is 17.7 Å². The molecule has 0 spiro atoms. The zero-order chi connectivity index (χ0) is 13.2. The Morgan fingerprint density at radius 3 is 2.94 bits per heavy atom. The molecule has 2 atom stereocenters. The molecule has 18 heavy (non-hydrogen) atoms. The van der Waals surface area contributed by atoms with Gasteiger partial charge in [-0.2, -0.15) is 0 Å². The first-order valence-corrected chi connectivity index (χ1v) is 7.77. The standard InChI is InChI=1S/C12H18N2O3S/c1-17-11-5-10(6-14-7-11)12(13)4-9-2-3-18(15,16)8-9/h5-7,9,12H,2-4,8,13H2,1H3. The van der Waals surface area contributed by atoms with Gasteiger partial charge in [0.1, 0.15) is 5.75 Å². The van der Waals surface area contributed by atoms with Crippen molar-refractivity contribution >= 4 is 9.84 Å². The molecule has 1 aliphatic heterocycles. The highest BCUT2D eigenvalue weighted by atomic mass is 32.2. The lowest BCUT2D eigenvalue weighted by molar-refractivity contribution is 0.410. The van der Waals surface area contributed by atoms with Gasteiger partial charge in [-0.05, 0) is 30.4 Å². The quantitative estimate of drug-likeness (QED) is 0.879. The summed E-state index contributed by atoms with van der Waals surface area (Å²) in [7, 11) is -1.25. The van der Waals surface area contributed by atoms with Gasteiger partial charge in [-0.3, -0.25) is 4.98 Å². The van der Waals surface area contributed by atoms with Crippen molar-refractivity contribution in [1.29, 1.82) is 0 Å². The summed E-state index contributed by atoms with van der Waals surface area (Å²) in [6.07, 6.45) is 4.72. The molecule has 0 aliphatic carbocycles. The average Bonchev–Trinajstić information content (AvgIpc) is 2.68. The smallest absolute Gasteiger partial charge is 0.150 e. The molecule has 6 heteroatoms. The third-order valence-electron chi connectivity index (χ3n) is 3.31. The summed E-state index contributed by atoms with van der Waals surface area (Å²) in [5, 5.41) is 0. The molecular weight excluding hydrogens is 252 g/mol. The van der Waals surface area contributed by atoms with Crippen LogP contribution in [0.3, 0.4) is 0 Å². The number of sulfone groups is 1. The summed E-state index contributed by atoms with van der Waals surface area (Å²) < 4.78 is 27.9. The van der Waals surface area contributed by atoms with E-state index >= 15 is 0 Å². The first-order valence-electron chi connectivity index (χ1n) is 5.95. The number of methoxy groups -OCH3 is 1. The van der Waals surface area contributed by atoms with Gasteiger partial charge in [0.2, 0.25) is 0 Å². The fourth-order valence-electron chi connectivity index (χ4n) is 2.30. The largest absolute Gasteiger partial charge is 0.495 e. The summed E-state index contributed by atoms with van der Waals surface area (Å²) in [4.78, 5) is 4.06. The number of aromatic nitrogens is 1. The van der Waals surface area contributed by atoms with E-state index in [1.165, 1.54) is 0 Å². The second kappa shape index (κ2) is 5.24. The van der Waals surface area contributed by atoms with Gasteiger partial charge < -0.3 is 10.5 Å². The van der Waals surface area contributed by atoms with E-state index in [0.717, 1.165) is 5.56 Å². The Balaban J connectivity index is 2.01. The summed E-state index contributed by atoms with van der Waals surface area (Å²) in [6, 6.07) is 1.66. The highest BCUT2D eigenvalue weighted by molar-refractivity contribution is 7.91. The summed E-state index contributed by atoms with van der Waals surface area (Å²) in [5.74, 6) is 1.39. The number of pyridine rings is 1. The van der Waals surface area contributed by atoms with Crippen molar-refractivity contribution in [2.75, 3.05) is 18.6 Å². The predicted molar refractivity (Wildman–Crippen MR) is 69.1 cm³/mol. The minimum absolute atomic E-state index is 0.163. The molecule has 1 aromatic rings. The Morgan fingerprint density at radius 1 is 1.56 bits per heavy atom. The van der Waals surface area contributed by atoms with E-state index in [9.17, 15) is 8.42 Å². The van der Waals surface area contributed by atoms with Gasteiger partial charge >= 0.3 is 0 Å². The lowest BCUT2D eigenvalue weighted by Crippen LogP contribution is -2.16. The van der Waals surface area contributed by atoms with Gasteiger partial charge in [0.15, 0.2) is 9.84 Å². The molecule has 5 nitrogen and oxygen atoms in total. The maximum absolute atomic E-state index is 11.4. The topological polar surface area (TPSA) is 82.3 Å². The maximum Gasteiger partial charge on any atom is 0.150 e. The molecule has 1 aliphatic rings.